The highest BCUT2D eigenvalue weighted by molar-refractivity contribution is 6.21. The Morgan fingerprint density at radius 3 is 2.51 bits per heavy atom. The minimum absolute atomic E-state index is 0. The van der Waals surface area contributed by atoms with E-state index in [0.29, 0.717) is 16.8 Å². The summed E-state index contributed by atoms with van der Waals surface area (Å²) in [6.45, 7) is 0. The number of carbonyl (C=O) groups excluding carboxylic acids is 2. The second-order valence-corrected chi connectivity index (χ2v) is 8.54. The Balaban J connectivity index is 0.00000229. The van der Waals surface area contributed by atoms with Gasteiger partial charge in [-0.25, -0.2) is 0 Å². The third-order valence-electron chi connectivity index (χ3n) is 6.63. The van der Waals surface area contributed by atoms with Crippen molar-refractivity contribution < 1.29 is 31.1 Å². The van der Waals surface area contributed by atoms with Crippen molar-refractivity contribution in [2.45, 2.75) is 0 Å². The molecule has 6 aromatic rings. The summed E-state index contributed by atoms with van der Waals surface area (Å²) >= 11 is 0. The molecule has 0 fully saturated rings. The summed E-state index contributed by atoms with van der Waals surface area (Å²) in [6, 6.07) is 29.1. The molecule has 3 heterocycles. The highest BCUT2D eigenvalue weighted by atomic mass is 79.9. The molecule has 7 rings (SSSR count). The predicted molar refractivity (Wildman–Crippen MR) is 133 cm³/mol. The molecular formula is C29H18BrN3O2. The second-order valence-electron chi connectivity index (χ2n) is 8.54. The first kappa shape index (κ1) is 21.3. The Kier molecular flexibility index (Phi) is 4.79. The molecule has 0 unspecified atom stereocenters. The van der Waals surface area contributed by atoms with Gasteiger partial charge in [0.05, 0.1) is 0 Å². The van der Waals surface area contributed by atoms with Crippen LogP contribution in [0.1, 0.15) is 26.4 Å². The maximum absolute atomic E-state index is 13.2. The number of pyridine rings is 1. The number of amides is 1. The van der Waals surface area contributed by atoms with Crippen LogP contribution in [0.5, 0.6) is 0 Å². The van der Waals surface area contributed by atoms with Gasteiger partial charge in [0.15, 0.2) is 6.20 Å². The number of aromatic nitrogens is 2. The van der Waals surface area contributed by atoms with Crippen molar-refractivity contribution in [3.05, 3.63) is 114 Å². The van der Waals surface area contributed by atoms with Crippen LogP contribution in [0.2, 0.25) is 0 Å². The minimum Gasteiger partial charge on any atom is -1.00 e. The number of hydrogen-bond acceptors (Lipinski definition) is 2. The van der Waals surface area contributed by atoms with Crippen molar-refractivity contribution in [1.29, 1.82) is 0 Å². The van der Waals surface area contributed by atoms with Gasteiger partial charge in [-0.1, -0.05) is 48.5 Å². The van der Waals surface area contributed by atoms with Gasteiger partial charge < -0.3 is 27.3 Å². The van der Waals surface area contributed by atoms with Crippen molar-refractivity contribution in [2.75, 3.05) is 5.32 Å². The van der Waals surface area contributed by atoms with E-state index in [4.69, 9.17) is 0 Å². The van der Waals surface area contributed by atoms with Crippen LogP contribution < -0.4 is 26.9 Å². The lowest BCUT2D eigenvalue weighted by Crippen LogP contribution is -3.00. The maximum Gasteiger partial charge on any atom is 0.284 e. The molecule has 0 saturated heterocycles. The molecular weight excluding hydrogens is 502 g/mol. The number of anilines is 1. The number of carbonyl (C=O) groups is 2. The number of aromatic amines is 1. The van der Waals surface area contributed by atoms with E-state index in [0.717, 1.165) is 44.0 Å². The molecule has 0 bridgehead atoms. The van der Waals surface area contributed by atoms with Crippen LogP contribution in [0, 0.1) is 0 Å². The maximum atomic E-state index is 13.2. The zero-order valence-electron chi connectivity index (χ0n) is 18.4. The van der Waals surface area contributed by atoms with E-state index in [9.17, 15) is 9.59 Å². The van der Waals surface area contributed by atoms with E-state index in [1.54, 1.807) is 0 Å². The molecule has 0 spiro atoms. The fraction of sp³-hybridized carbons (Fsp3) is 0. The number of para-hydroxylation sites is 1. The lowest BCUT2D eigenvalue weighted by molar-refractivity contribution is -0.592. The van der Waals surface area contributed by atoms with Gasteiger partial charge in [0.2, 0.25) is 5.69 Å². The first-order valence-corrected chi connectivity index (χ1v) is 11.1. The average molecular weight is 520 g/mol. The SMILES string of the molecule is O=C(Nc1cccc2ccccc12)c1ccc2[nH]c3c4[n+](ccc3c2c1)-c1ccccc1C4=O.[Br-]. The van der Waals surface area contributed by atoms with E-state index in [1.807, 2.05) is 102 Å². The zero-order valence-corrected chi connectivity index (χ0v) is 20.0. The molecule has 2 aromatic heterocycles. The largest absolute Gasteiger partial charge is 1.00 e. The monoisotopic (exact) mass is 519 g/mol. The number of rotatable bonds is 2. The molecule has 1 amide bonds. The summed E-state index contributed by atoms with van der Waals surface area (Å²) in [5.41, 5.74) is 5.21. The topological polar surface area (TPSA) is 65.8 Å². The number of benzene rings is 4. The van der Waals surface area contributed by atoms with E-state index in [1.165, 1.54) is 0 Å². The number of nitrogens with one attached hydrogen (secondary N) is 2. The van der Waals surface area contributed by atoms with E-state index in [2.05, 4.69) is 10.3 Å². The quantitative estimate of drug-likeness (QED) is 0.345. The van der Waals surface area contributed by atoms with E-state index >= 15 is 0 Å². The second kappa shape index (κ2) is 7.89. The normalized spacial score (nSPS) is 11.9. The van der Waals surface area contributed by atoms with Crippen LogP contribution in [-0.2, 0) is 0 Å². The number of fused-ring (bicyclic) bond motifs is 8. The van der Waals surface area contributed by atoms with Crippen LogP contribution in [0.25, 0.3) is 38.3 Å². The Morgan fingerprint density at radius 2 is 1.60 bits per heavy atom. The predicted octanol–water partition coefficient (Wildman–Crippen LogP) is 2.55. The molecule has 1 aliphatic heterocycles. The summed E-state index contributed by atoms with van der Waals surface area (Å²) in [5.74, 6) is -0.173. The Bertz CT molecular complexity index is 1830. The Morgan fingerprint density at radius 1 is 0.800 bits per heavy atom. The number of nitrogens with zero attached hydrogens (tertiary/aromatic N) is 1. The van der Waals surface area contributed by atoms with Crippen molar-refractivity contribution in [3.8, 4) is 5.69 Å². The Labute approximate surface area is 210 Å². The summed E-state index contributed by atoms with van der Waals surface area (Å²) in [7, 11) is 0. The van der Waals surface area contributed by atoms with Gasteiger partial charge in [-0.15, -0.1) is 0 Å². The molecule has 6 heteroatoms. The van der Waals surface area contributed by atoms with Gasteiger partial charge in [0.25, 0.3) is 17.4 Å². The van der Waals surface area contributed by atoms with Crippen molar-refractivity contribution in [3.63, 3.8) is 0 Å². The van der Waals surface area contributed by atoms with Gasteiger partial charge in [-0.3, -0.25) is 9.59 Å². The van der Waals surface area contributed by atoms with E-state index in [-0.39, 0.29) is 28.7 Å². The number of hydrogen-bond donors (Lipinski definition) is 2. The number of ketones is 1. The van der Waals surface area contributed by atoms with Gasteiger partial charge >= 0.3 is 0 Å². The summed E-state index contributed by atoms with van der Waals surface area (Å²) < 4.78 is 1.93. The van der Waals surface area contributed by atoms with Crippen molar-refractivity contribution in [1.82, 2.24) is 4.98 Å². The molecule has 35 heavy (non-hydrogen) atoms. The summed E-state index contributed by atoms with van der Waals surface area (Å²) in [5, 5.41) is 6.96. The highest BCUT2D eigenvalue weighted by Gasteiger charge is 2.38. The number of H-pyrrole nitrogens is 1. The fourth-order valence-corrected chi connectivity index (χ4v) is 5.01. The molecule has 5 nitrogen and oxygen atoms in total. The molecule has 168 valence electrons. The first-order chi connectivity index (χ1) is 16.7. The highest BCUT2D eigenvalue weighted by Crippen LogP contribution is 2.32. The van der Waals surface area contributed by atoms with Gasteiger partial charge in [0.1, 0.15) is 11.1 Å². The van der Waals surface area contributed by atoms with Crippen molar-refractivity contribution in [2.24, 2.45) is 0 Å². The standard InChI is InChI=1S/C29H17N3O2.BrH/c33-28-21-9-3-4-11-25(21)32-15-14-20-22-16-18(12-13-24(22)30-26(20)27(28)32)29(34)31-23-10-5-7-17-6-1-2-8-19(17)23;/h1-16H,(H,31,34);1H. The zero-order chi connectivity index (χ0) is 22.8. The lowest BCUT2D eigenvalue weighted by atomic mass is 10.1. The van der Waals surface area contributed by atoms with Crippen LogP contribution in [-0.4, -0.2) is 16.7 Å². The van der Waals surface area contributed by atoms with Gasteiger partial charge in [0, 0.05) is 45.1 Å². The molecule has 4 aromatic carbocycles. The molecule has 1 aliphatic rings. The van der Waals surface area contributed by atoms with Gasteiger partial charge in [-0.2, -0.15) is 4.57 Å². The van der Waals surface area contributed by atoms with Crippen LogP contribution >= 0.6 is 0 Å². The molecule has 0 atom stereocenters. The molecule has 2 N–H and O–H groups in total. The molecule has 0 saturated carbocycles. The summed E-state index contributed by atoms with van der Waals surface area (Å²) in [4.78, 5) is 29.7. The van der Waals surface area contributed by atoms with Crippen molar-refractivity contribution >= 4 is 50.0 Å². The van der Waals surface area contributed by atoms with Crippen LogP contribution in [0.4, 0.5) is 5.69 Å². The summed E-state index contributed by atoms with van der Waals surface area (Å²) in [6.07, 6.45) is 1.93. The molecule has 0 aliphatic carbocycles. The Hall–Kier alpha value is -4.29. The first-order valence-electron chi connectivity index (χ1n) is 11.1. The third-order valence-corrected chi connectivity index (χ3v) is 6.63. The minimum atomic E-state index is -0.174. The van der Waals surface area contributed by atoms with Crippen LogP contribution in [0.3, 0.4) is 0 Å². The smallest absolute Gasteiger partial charge is 0.284 e. The fourth-order valence-electron chi connectivity index (χ4n) is 5.01. The van der Waals surface area contributed by atoms with Crippen LogP contribution in [0.15, 0.2) is 97.2 Å². The van der Waals surface area contributed by atoms with E-state index < -0.39 is 0 Å². The molecule has 0 radical (unpaired) electrons. The van der Waals surface area contributed by atoms with Gasteiger partial charge in [-0.05, 0) is 35.7 Å². The number of halogens is 1. The lowest BCUT2D eigenvalue weighted by Gasteiger charge is -2.09. The third kappa shape index (κ3) is 3.11. The average Bonchev–Trinajstić information content (AvgIpc) is 3.39.